The summed E-state index contributed by atoms with van der Waals surface area (Å²) in [5.41, 5.74) is 4.72. The predicted molar refractivity (Wildman–Crippen MR) is 281 cm³/mol. The molecule has 11 atom stereocenters. The molecule has 0 aliphatic carbocycles. The van der Waals surface area contributed by atoms with Crippen molar-refractivity contribution in [2.24, 2.45) is 17.8 Å². The van der Waals surface area contributed by atoms with Crippen LogP contribution in [-0.2, 0) is 51.1 Å². The van der Waals surface area contributed by atoms with Gasteiger partial charge in [0.25, 0.3) is 0 Å². The lowest BCUT2D eigenvalue weighted by atomic mass is 9.83. The van der Waals surface area contributed by atoms with Crippen LogP contribution >= 0.6 is 15.6 Å². The summed E-state index contributed by atoms with van der Waals surface area (Å²) in [6.45, 7) is 3.78. The molecule has 3 rings (SSSR count). The van der Waals surface area contributed by atoms with Crippen molar-refractivity contribution in [2.45, 2.75) is 224 Å². The number of aliphatic hydroxyl groups is 4. The van der Waals surface area contributed by atoms with Crippen LogP contribution in [0.15, 0.2) is 41.4 Å². The number of carbonyl (C=O) groups is 3. The summed E-state index contributed by atoms with van der Waals surface area (Å²) in [6, 6.07) is 1.22. The zero-order chi connectivity index (χ0) is 55.2. The predicted octanol–water partition coefficient (Wildman–Crippen LogP) is 8.23. The summed E-state index contributed by atoms with van der Waals surface area (Å²) in [5, 5.41) is 45.5. The van der Waals surface area contributed by atoms with Gasteiger partial charge in [-0.1, -0.05) is 154 Å². The quantitative estimate of drug-likeness (QED) is 0.0199. The first-order valence-corrected chi connectivity index (χ1v) is 30.3. The van der Waals surface area contributed by atoms with Gasteiger partial charge in [0.2, 0.25) is 0 Å². The van der Waals surface area contributed by atoms with Crippen LogP contribution in [-0.4, -0.2) is 114 Å². The Balaban J connectivity index is 1.72. The fourth-order valence-corrected chi connectivity index (χ4v) is 11.1. The number of hydrogen-bond acceptors (Lipinski definition) is 18. The average Bonchev–Trinajstić information content (AvgIpc) is 3.33. The van der Waals surface area contributed by atoms with Crippen molar-refractivity contribution in [3.63, 3.8) is 0 Å². The molecule has 75 heavy (non-hydrogen) atoms. The van der Waals surface area contributed by atoms with Gasteiger partial charge in [-0.05, 0) is 44.1 Å². The van der Waals surface area contributed by atoms with Crippen molar-refractivity contribution >= 4 is 39.2 Å². The Bertz CT molecular complexity index is 2040. The fourth-order valence-electron chi connectivity index (χ4n) is 8.96. The maximum atomic E-state index is 14.3. The second-order valence-corrected chi connectivity index (χ2v) is 23.4. The number of aliphatic hydroxyl groups excluding tert-OH is 4. The number of esters is 2. The summed E-state index contributed by atoms with van der Waals surface area (Å²) in [7, 11) is -11.3. The number of nitrogens with two attached hydrogens (primary N) is 1. The van der Waals surface area contributed by atoms with Gasteiger partial charge in [0.15, 0.2) is 6.10 Å². The number of rotatable bonds is 26. The lowest BCUT2D eigenvalue weighted by Crippen LogP contribution is -2.51. The van der Waals surface area contributed by atoms with E-state index in [1.807, 2.05) is 6.92 Å². The van der Waals surface area contributed by atoms with E-state index in [1.54, 1.807) is 12.2 Å². The smallest absolute Gasteiger partial charge is 0.462 e. The lowest BCUT2D eigenvalue weighted by molar-refractivity contribution is -0.183. The van der Waals surface area contributed by atoms with E-state index >= 15 is 0 Å². The Labute approximate surface area is 443 Å². The number of cyclic esters (lactones) is 1. The number of phosphoric ester groups is 2. The topological polar surface area (TPSA) is 323 Å². The molecule has 0 amide bonds. The van der Waals surface area contributed by atoms with Gasteiger partial charge in [-0.25, -0.2) is 13.9 Å². The van der Waals surface area contributed by atoms with Crippen LogP contribution in [0.5, 0.6) is 0 Å². The molecule has 0 spiro atoms. The van der Waals surface area contributed by atoms with Crippen LogP contribution in [0.1, 0.15) is 188 Å². The largest absolute Gasteiger partial charge is 0.481 e. The van der Waals surface area contributed by atoms with Crippen LogP contribution in [0.4, 0.5) is 5.82 Å². The zero-order valence-corrected chi connectivity index (χ0v) is 46.3. The molecule has 23 heteroatoms. The lowest BCUT2D eigenvalue weighted by Gasteiger charge is -2.38. The molecule has 0 saturated carbocycles. The standard InChI is InChI=1S/C52H89N3O18P2/c1-4-5-20-26-39(56)30-31-41-43(57)34-44(58)42-27-22-18-19-24-29-48(60)71-40(35-68-47(59)28-23-17-15-13-11-9-7-6-8-10-12-14-16-21-25-38(2)3)36-69-74(64,65)73-75(66,67)70-37-45(50(62)49(41)61)72-51(42)55-33-32-46(53)54-52(55)63/h18,22,30-33,38-43,45,49-51,56-57,61-62H,4-17,19-21,23-29,34-37H2,1-3H3,(H,64,65)(H,66,67)(H2,53,54,63)/t39-,40+,41-,42-,43+,45+,49-,50+,51+/m0/s1. The molecule has 21 nitrogen and oxygen atoms in total. The van der Waals surface area contributed by atoms with E-state index in [1.165, 1.54) is 82.4 Å². The molecule has 1 saturated heterocycles. The van der Waals surface area contributed by atoms with Crippen LogP contribution in [0, 0.1) is 17.8 Å². The highest BCUT2D eigenvalue weighted by Crippen LogP contribution is 2.60. The third-order valence-electron chi connectivity index (χ3n) is 13.3. The Kier molecular flexibility index (Phi) is 31.8. The second kappa shape index (κ2) is 36.1. The minimum atomic E-state index is -5.72. The number of phosphoric acid groups is 2. The highest BCUT2D eigenvalue weighted by atomic mass is 31.3. The number of ether oxygens (including phenoxy) is 3. The van der Waals surface area contributed by atoms with E-state index in [-0.39, 0.29) is 37.9 Å². The highest BCUT2D eigenvalue weighted by molar-refractivity contribution is 7.61. The van der Waals surface area contributed by atoms with Crippen molar-refractivity contribution in [3.05, 3.63) is 47.1 Å². The van der Waals surface area contributed by atoms with Gasteiger partial charge in [-0.15, -0.1) is 0 Å². The van der Waals surface area contributed by atoms with E-state index in [2.05, 4.69) is 23.1 Å². The molecule has 1 aromatic rings. The fraction of sp³-hybridized carbons (Fsp3) is 0.788. The Morgan fingerprint density at radius 1 is 0.853 bits per heavy atom. The van der Waals surface area contributed by atoms with E-state index < -0.39 is 120 Å². The maximum Gasteiger partial charge on any atom is 0.481 e. The summed E-state index contributed by atoms with van der Waals surface area (Å²) in [5.74, 6) is -4.33. The number of nitrogen functional groups attached to an aromatic ring is 1. The number of anilines is 1. The summed E-state index contributed by atoms with van der Waals surface area (Å²) < 4.78 is 58.9. The number of Topliss-reactive ketones (excluding diaryl/α,β-unsaturated/α-hetero) is 1. The van der Waals surface area contributed by atoms with Gasteiger partial charge in [0.05, 0.1) is 37.4 Å². The minimum Gasteiger partial charge on any atom is -0.462 e. The van der Waals surface area contributed by atoms with Crippen LogP contribution < -0.4 is 11.4 Å². The number of fused-ring (bicyclic) bond motifs is 3. The molecule has 2 unspecified atom stereocenters. The number of allylic oxidation sites excluding steroid dienone is 2. The molecule has 2 aliphatic heterocycles. The third kappa shape index (κ3) is 27.3. The molecule has 430 valence electrons. The molecule has 2 bridgehead atoms. The number of hydrogen-bond donors (Lipinski definition) is 7. The summed E-state index contributed by atoms with van der Waals surface area (Å²) in [6.07, 6.45) is 14.5. The monoisotopic (exact) mass is 1110 g/mol. The van der Waals surface area contributed by atoms with Gasteiger partial charge >= 0.3 is 33.3 Å². The Morgan fingerprint density at radius 3 is 2.07 bits per heavy atom. The van der Waals surface area contributed by atoms with E-state index in [4.69, 9.17) is 29.0 Å². The molecule has 1 fully saturated rings. The van der Waals surface area contributed by atoms with Gasteiger partial charge < -0.3 is 50.2 Å². The number of aromatic nitrogens is 2. The molecular formula is C52H89N3O18P2. The third-order valence-corrected chi connectivity index (χ3v) is 15.9. The van der Waals surface area contributed by atoms with Crippen molar-refractivity contribution in [3.8, 4) is 0 Å². The highest BCUT2D eigenvalue weighted by Gasteiger charge is 2.45. The molecule has 1 aromatic heterocycles. The first-order chi connectivity index (χ1) is 35.7. The Morgan fingerprint density at radius 2 is 1.45 bits per heavy atom. The van der Waals surface area contributed by atoms with Crippen molar-refractivity contribution in [1.82, 2.24) is 9.55 Å². The van der Waals surface area contributed by atoms with Crippen molar-refractivity contribution in [2.75, 3.05) is 25.6 Å². The Hall–Kier alpha value is -3.17. The molecule has 3 heterocycles. The van der Waals surface area contributed by atoms with Crippen molar-refractivity contribution in [1.29, 1.82) is 0 Å². The van der Waals surface area contributed by atoms with E-state index in [0.717, 1.165) is 55.2 Å². The second-order valence-electron chi connectivity index (χ2n) is 20.3. The minimum absolute atomic E-state index is 0.0788. The first kappa shape index (κ1) is 66.1. The van der Waals surface area contributed by atoms with E-state index in [0.29, 0.717) is 19.3 Å². The maximum absolute atomic E-state index is 14.3. The van der Waals surface area contributed by atoms with E-state index in [9.17, 15) is 58.5 Å². The van der Waals surface area contributed by atoms with Crippen LogP contribution in [0.2, 0.25) is 0 Å². The molecular weight excluding hydrogens is 1020 g/mol. The SMILES string of the molecule is CCCCC[C@H](O)C=C[C@@H]1[C@H](O)[C@H](O)[C@H]2COP(=O)(O)OP(=O)(O)OC[C@@H](COC(=O)CCCCCCCCCCCCCCCCC(C)C)OC(=O)CCCC=CC[C@@H](C(=O)C[C@H]1O)[C@H](n1ccc(N)nc1=O)O2. The van der Waals surface area contributed by atoms with Gasteiger partial charge in [0.1, 0.15) is 36.6 Å². The first-order valence-electron chi connectivity index (χ1n) is 27.3. The van der Waals surface area contributed by atoms with Gasteiger partial charge in [-0.3, -0.25) is 28.0 Å². The number of unbranched alkanes of at least 4 members (excludes halogenated alkanes) is 15. The number of ketones is 1. The average molecular weight is 1110 g/mol. The van der Waals surface area contributed by atoms with Gasteiger partial charge in [0, 0.05) is 31.4 Å². The molecule has 0 radical (unpaired) electrons. The molecule has 0 aromatic carbocycles. The zero-order valence-electron chi connectivity index (χ0n) is 44.5. The molecule has 2 aliphatic rings. The number of nitrogens with zero attached hydrogens (tertiary/aromatic N) is 2. The number of carbonyl (C=O) groups excluding carboxylic acids is 3. The van der Waals surface area contributed by atoms with Crippen molar-refractivity contribution < 1.29 is 81.3 Å². The molecule has 8 N–H and O–H groups in total. The van der Waals surface area contributed by atoms with Crippen LogP contribution in [0.25, 0.3) is 0 Å². The normalized spacial score (nSPS) is 28.6. The van der Waals surface area contributed by atoms with Gasteiger partial charge in [-0.2, -0.15) is 9.29 Å². The summed E-state index contributed by atoms with van der Waals surface area (Å²) in [4.78, 5) is 78.4. The van der Waals surface area contributed by atoms with Crippen LogP contribution in [0.3, 0.4) is 0 Å². The summed E-state index contributed by atoms with van der Waals surface area (Å²) >= 11 is 0.